The van der Waals surface area contributed by atoms with Crippen LogP contribution in [0.2, 0.25) is 0 Å². The van der Waals surface area contributed by atoms with E-state index in [1.54, 1.807) is 36.4 Å². The summed E-state index contributed by atoms with van der Waals surface area (Å²) >= 11 is 0. The number of aliphatic carboxylic acids is 1. The first-order valence-corrected chi connectivity index (χ1v) is 12.0. The molecule has 0 radical (unpaired) electrons. The van der Waals surface area contributed by atoms with Gasteiger partial charge in [-0.05, 0) is 47.5 Å². The van der Waals surface area contributed by atoms with Gasteiger partial charge in [0, 0.05) is 24.6 Å². The molecule has 3 aromatic rings. The Balaban J connectivity index is 1.40. The summed E-state index contributed by atoms with van der Waals surface area (Å²) in [5.74, 6) is -2.20. The molecule has 4 N–H and O–H groups in total. The molecule has 202 valence electrons. The summed E-state index contributed by atoms with van der Waals surface area (Å²) in [6.07, 6.45) is 2.66. The molecule has 0 aliphatic carbocycles. The zero-order chi connectivity index (χ0) is 27.8. The maximum absolute atomic E-state index is 13.3. The lowest BCUT2D eigenvalue weighted by molar-refractivity contribution is -0.137. The molecule has 0 unspecified atom stereocenters. The van der Waals surface area contributed by atoms with Crippen LogP contribution in [-0.2, 0) is 16.1 Å². The van der Waals surface area contributed by atoms with Gasteiger partial charge in [-0.2, -0.15) is 0 Å². The fraction of sp³-hybridized carbons (Fsp3) is 0.222. The van der Waals surface area contributed by atoms with Crippen LogP contribution in [0, 0.1) is 5.82 Å². The molecule has 39 heavy (non-hydrogen) atoms. The monoisotopic (exact) mass is 535 g/mol. The number of carboxylic acids is 1. The molecule has 11 nitrogen and oxygen atoms in total. The molecule has 2 aromatic carbocycles. The lowest BCUT2D eigenvalue weighted by Crippen LogP contribution is -2.43. The van der Waals surface area contributed by atoms with E-state index in [0.29, 0.717) is 22.6 Å². The lowest BCUT2D eigenvalue weighted by atomic mass is 10.1. The average molecular weight is 536 g/mol. The second-order valence-corrected chi connectivity index (χ2v) is 8.72. The normalized spacial score (nSPS) is 13.4. The molecule has 4 amide bonds. The van der Waals surface area contributed by atoms with E-state index in [1.165, 1.54) is 35.5 Å². The van der Waals surface area contributed by atoms with Crippen LogP contribution < -0.4 is 20.7 Å². The molecule has 0 fully saturated rings. The van der Waals surface area contributed by atoms with Gasteiger partial charge in [-0.15, -0.1) is 0 Å². The second kappa shape index (κ2) is 12.5. The van der Waals surface area contributed by atoms with Crippen LogP contribution >= 0.6 is 0 Å². The van der Waals surface area contributed by atoms with Gasteiger partial charge in [0.05, 0.1) is 31.1 Å². The van der Waals surface area contributed by atoms with Crippen LogP contribution in [0.25, 0.3) is 0 Å². The molecule has 0 saturated heterocycles. The number of nitrogens with zero attached hydrogens (tertiary/aromatic N) is 2. The quantitative estimate of drug-likeness (QED) is 0.329. The maximum Gasteiger partial charge on any atom is 0.319 e. The number of ether oxygens (including phenoxy) is 1. The second-order valence-electron chi connectivity index (χ2n) is 8.72. The first kappa shape index (κ1) is 27.0. The van der Waals surface area contributed by atoms with Crippen molar-refractivity contribution in [3.63, 3.8) is 0 Å². The van der Waals surface area contributed by atoms with Crippen molar-refractivity contribution in [2.75, 3.05) is 25.0 Å². The highest BCUT2D eigenvalue weighted by Crippen LogP contribution is 2.26. The standard InChI is InChI=1S/C27H26FN5O6/c28-19-5-3-17(4-6-19)14-30-27(38)31-20-7-8-23-21(12-20)26(37)33(10-11-39-23)16-24(34)32-22(13-25(35)36)18-2-1-9-29-15-18/h1-9,12,15,22H,10-11,13-14,16H2,(H,32,34)(H,35,36)(H2,30,31,38)/t22-/m0/s1. The number of fused-ring (bicyclic) bond motifs is 1. The van der Waals surface area contributed by atoms with Crippen LogP contribution in [0.1, 0.15) is 33.9 Å². The van der Waals surface area contributed by atoms with Gasteiger partial charge in [0.15, 0.2) is 0 Å². The number of carbonyl (C=O) groups is 4. The molecule has 12 heteroatoms. The fourth-order valence-corrected chi connectivity index (χ4v) is 3.97. The van der Waals surface area contributed by atoms with Crippen LogP contribution in [-0.4, -0.2) is 58.5 Å². The van der Waals surface area contributed by atoms with Gasteiger partial charge < -0.3 is 30.7 Å². The van der Waals surface area contributed by atoms with Crippen molar-refractivity contribution in [3.05, 3.63) is 89.5 Å². The summed E-state index contributed by atoms with van der Waals surface area (Å²) in [6.45, 7) is 0.105. The minimum Gasteiger partial charge on any atom is -0.491 e. The maximum atomic E-state index is 13.3. The topological polar surface area (TPSA) is 150 Å². The van der Waals surface area contributed by atoms with Crippen molar-refractivity contribution in [1.29, 1.82) is 0 Å². The van der Waals surface area contributed by atoms with E-state index < -0.39 is 29.9 Å². The average Bonchev–Trinajstić information content (AvgIpc) is 3.06. The summed E-state index contributed by atoms with van der Waals surface area (Å²) in [4.78, 5) is 55.0. The molecule has 0 saturated carbocycles. The highest BCUT2D eigenvalue weighted by Gasteiger charge is 2.27. The Bertz CT molecular complexity index is 1350. The Morgan fingerprint density at radius 3 is 2.64 bits per heavy atom. The molecule has 1 aliphatic heterocycles. The third kappa shape index (κ3) is 7.51. The Hall–Kier alpha value is -5.00. The van der Waals surface area contributed by atoms with Gasteiger partial charge in [0.2, 0.25) is 5.91 Å². The minimum absolute atomic E-state index is 0.123. The number of hydrogen-bond acceptors (Lipinski definition) is 6. The number of halogens is 1. The number of amides is 4. The van der Waals surface area contributed by atoms with Crippen molar-refractivity contribution in [1.82, 2.24) is 20.5 Å². The number of urea groups is 1. The molecule has 1 aromatic heterocycles. The Morgan fingerprint density at radius 1 is 1.13 bits per heavy atom. The molecule has 1 aliphatic rings. The van der Waals surface area contributed by atoms with Gasteiger partial charge in [0.1, 0.15) is 18.2 Å². The zero-order valence-corrected chi connectivity index (χ0v) is 20.7. The van der Waals surface area contributed by atoms with Crippen molar-refractivity contribution in [2.45, 2.75) is 19.0 Å². The highest BCUT2D eigenvalue weighted by atomic mass is 19.1. The Morgan fingerprint density at radius 2 is 1.92 bits per heavy atom. The summed E-state index contributed by atoms with van der Waals surface area (Å²) in [5, 5.41) is 17.2. The third-order valence-electron chi connectivity index (χ3n) is 5.88. The lowest BCUT2D eigenvalue weighted by Gasteiger charge is -2.22. The number of anilines is 1. The van der Waals surface area contributed by atoms with Gasteiger partial charge in [-0.1, -0.05) is 18.2 Å². The predicted molar refractivity (Wildman–Crippen MR) is 137 cm³/mol. The van der Waals surface area contributed by atoms with Crippen LogP contribution in [0.3, 0.4) is 0 Å². The molecule has 0 spiro atoms. The first-order valence-electron chi connectivity index (χ1n) is 12.0. The molecule has 1 atom stereocenters. The number of pyridine rings is 1. The molecular weight excluding hydrogens is 509 g/mol. The van der Waals surface area contributed by atoms with E-state index in [2.05, 4.69) is 20.9 Å². The van der Waals surface area contributed by atoms with Crippen molar-refractivity contribution >= 4 is 29.5 Å². The van der Waals surface area contributed by atoms with Crippen molar-refractivity contribution in [3.8, 4) is 5.75 Å². The number of carbonyl (C=O) groups excluding carboxylic acids is 3. The largest absolute Gasteiger partial charge is 0.491 e. The number of carboxylic acid groups (broad SMARTS) is 1. The van der Waals surface area contributed by atoms with E-state index >= 15 is 0 Å². The highest BCUT2D eigenvalue weighted by molar-refractivity contribution is 6.01. The van der Waals surface area contributed by atoms with E-state index in [1.807, 2.05) is 0 Å². The van der Waals surface area contributed by atoms with Crippen molar-refractivity contribution < 1.29 is 33.4 Å². The zero-order valence-electron chi connectivity index (χ0n) is 20.7. The fourth-order valence-electron chi connectivity index (χ4n) is 3.97. The predicted octanol–water partition coefficient (Wildman–Crippen LogP) is 2.71. The molecule has 4 rings (SSSR count). The van der Waals surface area contributed by atoms with Gasteiger partial charge in [-0.3, -0.25) is 19.4 Å². The summed E-state index contributed by atoms with van der Waals surface area (Å²) in [5.41, 5.74) is 1.72. The summed E-state index contributed by atoms with van der Waals surface area (Å²) in [6, 6.07) is 12.2. The van der Waals surface area contributed by atoms with Gasteiger partial charge >= 0.3 is 12.0 Å². The van der Waals surface area contributed by atoms with E-state index in [4.69, 9.17) is 4.74 Å². The Labute approximate surface area is 223 Å². The van der Waals surface area contributed by atoms with Crippen LogP contribution in [0.4, 0.5) is 14.9 Å². The number of benzene rings is 2. The smallest absolute Gasteiger partial charge is 0.319 e. The third-order valence-corrected chi connectivity index (χ3v) is 5.88. The van der Waals surface area contributed by atoms with E-state index in [9.17, 15) is 28.7 Å². The Kier molecular flexibility index (Phi) is 8.67. The first-order chi connectivity index (χ1) is 18.8. The van der Waals surface area contributed by atoms with Gasteiger partial charge in [-0.25, -0.2) is 9.18 Å². The number of hydrogen-bond donors (Lipinski definition) is 4. The number of nitrogens with one attached hydrogen (secondary N) is 3. The summed E-state index contributed by atoms with van der Waals surface area (Å²) < 4.78 is 18.7. The van der Waals surface area contributed by atoms with Crippen LogP contribution in [0.15, 0.2) is 67.0 Å². The number of rotatable bonds is 9. The van der Waals surface area contributed by atoms with E-state index in [0.717, 1.165) is 0 Å². The van der Waals surface area contributed by atoms with Gasteiger partial charge in [0.25, 0.3) is 5.91 Å². The van der Waals surface area contributed by atoms with E-state index in [-0.39, 0.29) is 44.0 Å². The minimum atomic E-state index is -1.10. The SMILES string of the molecule is O=C(O)C[C@H](NC(=O)CN1CCOc2ccc(NC(=O)NCc3ccc(F)cc3)cc2C1=O)c1cccnc1. The molecule has 0 bridgehead atoms. The molecular formula is C27H26FN5O6. The van der Waals surface area contributed by atoms with Crippen molar-refractivity contribution in [2.24, 2.45) is 0 Å². The van der Waals surface area contributed by atoms with Crippen LogP contribution in [0.5, 0.6) is 5.75 Å². The summed E-state index contributed by atoms with van der Waals surface area (Å²) in [7, 11) is 0. The molecule has 2 heterocycles. The number of aromatic nitrogens is 1.